The van der Waals surface area contributed by atoms with Gasteiger partial charge in [-0.2, -0.15) is 0 Å². The van der Waals surface area contributed by atoms with Gasteiger partial charge in [0, 0.05) is 6.04 Å². The lowest BCUT2D eigenvalue weighted by Gasteiger charge is -2.43. The average molecular weight is 268 g/mol. The molecule has 4 N–H and O–H groups in total. The highest BCUT2D eigenvalue weighted by molar-refractivity contribution is 5.86. The first-order valence-electron chi connectivity index (χ1n) is 6.94. The lowest BCUT2D eigenvalue weighted by atomic mass is 9.68. The molecule has 108 valence electrons. The molecule has 2 aliphatic carbocycles. The summed E-state index contributed by atoms with van der Waals surface area (Å²) >= 11 is 0. The van der Waals surface area contributed by atoms with Crippen molar-refractivity contribution in [2.24, 2.45) is 22.5 Å². The molecule has 2 fully saturated rings. The van der Waals surface area contributed by atoms with Gasteiger partial charge < -0.3 is 16.2 Å². The SMILES string of the molecule is CC12CCC(C1)C(C)(C)C2NC(=O)[C@@H](N)CC(=O)O. The molecule has 5 nitrogen and oxygen atoms in total. The summed E-state index contributed by atoms with van der Waals surface area (Å²) in [6.45, 7) is 6.60. The lowest BCUT2D eigenvalue weighted by Crippen LogP contribution is -2.56. The Balaban J connectivity index is 2.06. The van der Waals surface area contributed by atoms with Gasteiger partial charge in [0.1, 0.15) is 0 Å². The van der Waals surface area contributed by atoms with E-state index in [2.05, 4.69) is 26.1 Å². The number of carbonyl (C=O) groups is 2. The van der Waals surface area contributed by atoms with Crippen molar-refractivity contribution in [2.75, 3.05) is 0 Å². The summed E-state index contributed by atoms with van der Waals surface area (Å²) < 4.78 is 0. The molecular formula is C14H24N2O3. The van der Waals surface area contributed by atoms with E-state index in [1.54, 1.807) is 0 Å². The topological polar surface area (TPSA) is 92.4 Å². The van der Waals surface area contributed by atoms with Gasteiger partial charge in [-0.1, -0.05) is 20.8 Å². The number of nitrogens with two attached hydrogens (primary N) is 1. The minimum absolute atomic E-state index is 0.0611. The Morgan fingerprint density at radius 3 is 2.53 bits per heavy atom. The Kier molecular flexibility index (Phi) is 3.37. The zero-order chi connectivity index (χ0) is 14.4. The summed E-state index contributed by atoms with van der Waals surface area (Å²) in [5.41, 5.74) is 5.83. The fourth-order valence-corrected chi connectivity index (χ4v) is 4.19. The summed E-state index contributed by atoms with van der Waals surface area (Å²) in [5, 5.41) is 11.7. The summed E-state index contributed by atoms with van der Waals surface area (Å²) in [6, 6.07) is -0.873. The Morgan fingerprint density at radius 1 is 1.42 bits per heavy atom. The second kappa shape index (κ2) is 4.47. The molecule has 5 heteroatoms. The van der Waals surface area contributed by atoms with Crippen LogP contribution in [0.4, 0.5) is 0 Å². The third-order valence-corrected chi connectivity index (χ3v) is 5.29. The van der Waals surface area contributed by atoms with Crippen molar-refractivity contribution in [3.05, 3.63) is 0 Å². The largest absolute Gasteiger partial charge is 0.481 e. The number of carboxylic acids is 1. The smallest absolute Gasteiger partial charge is 0.305 e. The van der Waals surface area contributed by atoms with Crippen molar-refractivity contribution in [3.63, 3.8) is 0 Å². The van der Waals surface area contributed by atoms with Crippen LogP contribution in [0.2, 0.25) is 0 Å². The Morgan fingerprint density at radius 2 is 2.05 bits per heavy atom. The average Bonchev–Trinajstić information content (AvgIpc) is 2.74. The molecule has 0 aromatic heterocycles. The molecule has 2 bridgehead atoms. The molecule has 1 amide bonds. The van der Waals surface area contributed by atoms with Crippen LogP contribution in [0.5, 0.6) is 0 Å². The van der Waals surface area contributed by atoms with Crippen molar-refractivity contribution in [3.8, 4) is 0 Å². The van der Waals surface area contributed by atoms with E-state index in [0.29, 0.717) is 5.92 Å². The van der Waals surface area contributed by atoms with Crippen LogP contribution < -0.4 is 11.1 Å². The van der Waals surface area contributed by atoms with Crippen LogP contribution in [0.1, 0.15) is 46.5 Å². The normalized spacial score (nSPS) is 37.1. The first-order chi connectivity index (χ1) is 8.67. The minimum Gasteiger partial charge on any atom is -0.481 e. The highest BCUT2D eigenvalue weighted by Crippen LogP contribution is 2.62. The van der Waals surface area contributed by atoms with Gasteiger partial charge in [0.05, 0.1) is 12.5 Å². The van der Waals surface area contributed by atoms with Crippen molar-refractivity contribution < 1.29 is 14.7 Å². The number of amides is 1. The number of rotatable bonds is 4. The number of fused-ring (bicyclic) bond motifs is 2. The maximum Gasteiger partial charge on any atom is 0.305 e. The second-order valence-corrected chi connectivity index (χ2v) is 7.06. The summed E-state index contributed by atoms with van der Waals surface area (Å²) in [5.74, 6) is -0.742. The predicted molar refractivity (Wildman–Crippen MR) is 71.4 cm³/mol. The standard InChI is InChI=1S/C14H24N2O3/c1-13(2)8-4-5-14(3,7-8)12(13)16-11(19)9(15)6-10(17)18/h8-9,12H,4-7,15H2,1-3H3,(H,16,19)(H,17,18)/t8?,9-,12?,14?/m0/s1. The summed E-state index contributed by atoms with van der Waals surface area (Å²) in [4.78, 5) is 22.7. The van der Waals surface area contributed by atoms with Gasteiger partial charge in [-0.25, -0.2) is 0 Å². The highest BCUT2D eigenvalue weighted by atomic mass is 16.4. The monoisotopic (exact) mass is 268 g/mol. The van der Waals surface area contributed by atoms with E-state index >= 15 is 0 Å². The third-order valence-electron chi connectivity index (χ3n) is 5.29. The number of nitrogens with one attached hydrogen (secondary N) is 1. The molecule has 0 radical (unpaired) electrons. The van der Waals surface area contributed by atoms with Crippen LogP contribution in [-0.4, -0.2) is 29.1 Å². The van der Waals surface area contributed by atoms with Gasteiger partial charge in [-0.15, -0.1) is 0 Å². The lowest BCUT2D eigenvalue weighted by molar-refractivity contribution is -0.139. The predicted octanol–water partition coefficient (Wildman–Crippen LogP) is 1.12. The molecule has 0 aliphatic heterocycles. The summed E-state index contributed by atoms with van der Waals surface area (Å²) in [6.07, 6.45) is 3.16. The van der Waals surface area contributed by atoms with Gasteiger partial charge in [0.25, 0.3) is 0 Å². The van der Waals surface area contributed by atoms with Gasteiger partial charge in [-0.05, 0) is 36.0 Å². The maximum atomic E-state index is 12.0. The van der Waals surface area contributed by atoms with Gasteiger partial charge in [0.2, 0.25) is 5.91 Å². The van der Waals surface area contributed by atoms with E-state index in [1.807, 2.05) is 0 Å². The molecule has 0 aromatic rings. The highest BCUT2D eigenvalue weighted by Gasteiger charge is 2.59. The van der Waals surface area contributed by atoms with Crippen LogP contribution in [0.3, 0.4) is 0 Å². The molecule has 2 aliphatic rings. The Labute approximate surface area is 113 Å². The molecule has 0 spiro atoms. The zero-order valence-electron chi connectivity index (χ0n) is 11.9. The van der Waals surface area contributed by atoms with E-state index in [9.17, 15) is 9.59 Å². The third kappa shape index (κ3) is 2.36. The molecule has 0 aromatic carbocycles. The maximum absolute atomic E-state index is 12.0. The number of aliphatic carboxylic acids is 1. The van der Waals surface area contributed by atoms with Gasteiger partial charge in [-0.3, -0.25) is 9.59 Å². The van der Waals surface area contributed by atoms with Crippen molar-refractivity contribution >= 4 is 11.9 Å². The minimum atomic E-state index is -1.04. The van der Waals surface area contributed by atoms with Crippen LogP contribution >= 0.6 is 0 Å². The number of hydrogen-bond acceptors (Lipinski definition) is 3. The van der Waals surface area contributed by atoms with Gasteiger partial charge in [0.15, 0.2) is 0 Å². The molecule has 2 saturated carbocycles. The molecule has 0 saturated heterocycles. The van der Waals surface area contributed by atoms with Crippen LogP contribution in [0, 0.1) is 16.7 Å². The van der Waals surface area contributed by atoms with Crippen LogP contribution in [0.25, 0.3) is 0 Å². The molecule has 2 rings (SSSR count). The van der Waals surface area contributed by atoms with Crippen molar-refractivity contribution in [1.82, 2.24) is 5.32 Å². The fourth-order valence-electron chi connectivity index (χ4n) is 4.19. The van der Waals surface area contributed by atoms with E-state index in [0.717, 1.165) is 12.8 Å². The quantitative estimate of drug-likeness (QED) is 0.712. The van der Waals surface area contributed by atoms with E-state index in [-0.39, 0.29) is 29.2 Å². The summed E-state index contributed by atoms with van der Waals surface area (Å²) in [7, 11) is 0. The number of carboxylic acid groups (broad SMARTS) is 1. The zero-order valence-corrected chi connectivity index (χ0v) is 11.9. The first kappa shape index (κ1) is 14.3. The Hall–Kier alpha value is -1.10. The molecule has 3 unspecified atom stereocenters. The van der Waals surface area contributed by atoms with Crippen LogP contribution in [-0.2, 0) is 9.59 Å². The molecule has 0 heterocycles. The van der Waals surface area contributed by atoms with Gasteiger partial charge >= 0.3 is 5.97 Å². The fraction of sp³-hybridized carbons (Fsp3) is 0.857. The Bertz CT molecular complexity index is 403. The van der Waals surface area contributed by atoms with E-state index in [1.165, 1.54) is 6.42 Å². The second-order valence-electron chi connectivity index (χ2n) is 7.06. The number of hydrogen-bond donors (Lipinski definition) is 3. The van der Waals surface area contributed by atoms with E-state index in [4.69, 9.17) is 10.8 Å². The molecule has 19 heavy (non-hydrogen) atoms. The number of carbonyl (C=O) groups excluding carboxylic acids is 1. The first-order valence-corrected chi connectivity index (χ1v) is 6.94. The van der Waals surface area contributed by atoms with Crippen molar-refractivity contribution in [1.29, 1.82) is 0 Å². The van der Waals surface area contributed by atoms with Crippen molar-refractivity contribution in [2.45, 2.75) is 58.5 Å². The van der Waals surface area contributed by atoms with Crippen LogP contribution in [0.15, 0.2) is 0 Å². The molecular weight excluding hydrogens is 244 g/mol. The molecule has 4 atom stereocenters. The van der Waals surface area contributed by atoms with E-state index < -0.39 is 12.0 Å².